The lowest BCUT2D eigenvalue weighted by molar-refractivity contribution is -0.142. The molecule has 12 heteroatoms. The van der Waals surface area contributed by atoms with Crippen LogP contribution in [0.15, 0.2) is 89.5 Å². The van der Waals surface area contributed by atoms with Gasteiger partial charge in [0.05, 0.1) is 16.7 Å². The van der Waals surface area contributed by atoms with Crippen molar-refractivity contribution in [1.29, 1.82) is 0 Å². The number of halogens is 5. The molecule has 40 heavy (non-hydrogen) atoms. The number of anilines is 1. The van der Waals surface area contributed by atoms with Gasteiger partial charge < -0.3 is 5.32 Å². The normalized spacial score (nSPS) is 11.8. The molecule has 3 heterocycles. The first-order valence-corrected chi connectivity index (χ1v) is 12.7. The highest BCUT2D eigenvalue weighted by atomic mass is 79.9. The zero-order valence-electron chi connectivity index (χ0n) is 20.3. The second kappa shape index (κ2) is 9.87. The SMILES string of the molecule is O=C(Nc1nn(Cc2ccc(F)cc2)cc1Br)c1cc2nc(-c3ccc4ccccc4c3)cc(C(F)(F)F)n2n1. The van der Waals surface area contributed by atoms with E-state index in [9.17, 15) is 22.4 Å². The number of hydrogen-bond acceptors (Lipinski definition) is 4. The van der Waals surface area contributed by atoms with E-state index in [0.717, 1.165) is 22.4 Å². The van der Waals surface area contributed by atoms with Gasteiger partial charge in [-0.1, -0.05) is 48.5 Å². The molecule has 3 aromatic heterocycles. The van der Waals surface area contributed by atoms with Gasteiger partial charge in [-0.3, -0.25) is 9.48 Å². The molecule has 0 spiro atoms. The number of rotatable bonds is 5. The molecule has 6 aromatic rings. The van der Waals surface area contributed by atoms with Crippen molar-refractivity contribution < 1.29 is 22.4 Å². The predicted molar refractivity (Wildman–Crippen MR) is 144 cm³/mol. The van der Waals surface area contributed by atoms with Crippen molar-refractivity contribution in [2.45, 2.75) is 12.7 Å². The Bertz CT molecular complexity index is 1900. The zero-order chi connectivity index (χ0) is 28.0. The van der Waals surface area contributed by atoms with Crippen LogP contribution in [0.4, 0.5) is 23.4 Å². The predicted octanol–water partition coefficient (Wildman–Crippen LogP) is 6.97. The molecule has 0 atom stereocenters. The first-order chi connectivity index (χ1) is 19.1. The molecule has 0 radical (unpaired) electrons. The van der Waals surface area contributed by atoms with Crippen molar-refractivity contribution in [3.63, 3.8) is 0 Å². The minimum atomic E-state index is -4.76. The van der Waals surface area contributed by atoms with Crippen LogP contribution >= 0.6 is 15.9 Å². The van der Waals surface area contributed by atoms with Gasteiger partial charge in [0.25, 0.3) is 5.91 Å². The largest absolute Gasteiger partial charge is 0.433 e. The van der Waals surface area contributed by atoms with Crippen LogP contribution in [0.1, 0.15) is 21.7 Å². The molecule has 0 bridgehead atoms. The number of carbonyl (C=O) groups excluding carboxylic acids is 1. The third-order valence-electron chi connectivity index (χ3n) is 6.20. The maximum absolute atomic E-state index is 14.1. The summed E-state index contributed by atoms with van der Waals surface area (Å²) in [7, 11) is 0. The molecule has 0 unspecified atom stereocenters. The summed E-state index contributed by atoms with van der Waals surface area (Å²) in [5, 5.41) is 12.6. The van der Waals surface area contributed by atoms with Crippen molar-refractivity contribution in [3.05, 3.63) is 112 Å². The number of aromatic nitrogens is 5. The highest BCUT2D eigenvalue weighted by Crippen LogP contribution is 2.33. The fraction of sp³-hybridized carbons (Fsp3) is 0.0714. The fourth-order valence-electron chi connectivity index (χ4n) is 4.30. The van der Waals surface area contributed by atoms with Crippen molar-refractivity contribution in [2.24, 2.45) is 0 Å². The molecule has 200 valence electrons. The minimum Gasteiger partial charge on any atom is -0.303 e. The molecule has 0 saturated heterocycles. The summed E-state index contributed by atoms with van der Waals surface area (Å²) in [6, 6.07) is 20.7. The van der Waals surface area contributed by atoms with Gasteiger partial charge in [0.15, 0.2) is 22.9 Å². The molecular formula is C28H17BrF4N6O. The maximum Gasteiger partial charge on any atom is 0.433 e. The minimum absolute atomic E-state index is 0.0970. The fourth-order valence-corrected chi connectivity index (χ4v) is 4.71. The number of nitrogens with one attached hydrogen (secondary N) is 1. The van der Waals surface area contributed by atoms with Crippen LogP contribution in [-0.2, 0) is 12.7 Å². The monoisotopic (exact) mass is 608 g/mol. The van der Waals surface area contributed by atoms with E-state index in [1.54, 1.807) is 30.5 Å². The second-order valence-electron chi connectivity index (χ2n) is 8.99. The smallest absolute Gasteiger partial charge is 0.303 e. The Morgan fingerprint density at radius 1 is 0.925 bits per heavy atom. The topological polar surface area (TPSA) is 77.1 Å². The van der Waals surface area contributed by atoms with Gasteiger partial charge in [0.1, 0.15) is 5.82 Å². The van der Waals surface area contributed by atoms with Crippen LogP contribution in [0.25, 0.3) is 27.7 Å². The first-order valence-electron chi connectivity index (χ1n) is 11.9. The third kappa shape index (κ3) is 5.05. The molecule has 0 aliphatic rings. The summed E-state index contributed by atoms with van der Waals surface area (Å²) >= 11 is 3.32. The van der Waals surface area contributed by atoms with E-state index in [4.69, 9.17) is 0 Å². The number of alkyl halides is 3. The van der Waals surface area contributed by atoms with E-state index >= 15 is 0 Å². The van der Waals surface area contributed by atoms with Gasteiger partial charge in [0.2, 0.25) is 0 Å². The number of fused-ring (bicyclic) bond motifs is 2. The Morgan fingerprint density at radius 2 is 1.68 bits per heavy atom. The van der Waals surface area contributed by atoms with Gasteiger partial charge in [-0.05, 0) is 56.5 Å². The summed E-state index contributed by atoms with van der Waals surface area (Å²) < 4.78 is 57.9. The molecule has 1 amide bonds. The van der Waals surface area contributed by atoms with Gasteiger partial charge in [-0.15, -0.1) is 0 Å². The highest BCUT2D eigenvalue weighted by Gasteiger charge is 2.35. The van der Waals surface area contributed by atoms with E-state index < -0.39 is 17.8 Å². The van der Waals surface area contributed by atoms with Crippen LogP contribution in [0.3, 0.4) is 0 Å². The molecule has 0 fully saturated rings. The number of hydrogen-bond donors (Lipinski definition) is 1. The summed E-state index contributed by atoms with van der Waals surface area (Å²) in [4.78, 5) is 17.4. The van der Waals surface area contributed by atoms with Crippen molar-refractivity contribution >= 4 is 44.1 Å². The third-order valence-corrected chi connectivity index (χ3v) is 6.78. The molecule has 0 aliphatic carbocycles. The van der Waals surface area contributed by atoms with Gasteiger partial charge in [-0.25, -0.2) is 13.9 Å². The van der Waals surface area contributed by atoms with Crippen LogP contribution < -0.4 is 5.32 Å². The first kappa shape index (κ1) is 25.7. The number of nitrogens with zero attached hydrogens (tertiary/aromatic N) is 5. The lowest BCUT2D eigenvalue weighted by atomic mass is 10.0. The van der Waals surface area contributed by atoms with Crippen molar-refractivity contribution in [1.82, 2.24) is 24.4 Å². The van der Waals surface area contributed by atoms with Crippen LogP contribution in [0.2, 0.25) is 0 Å². The van der Waals surface area contributed by atoms with Crippen LogP contribution in [0, 0.1) is 5.82 Å². The zero-order valence-corrected chi connectivity index (χ0v) is 21.9. The Kier molecular flexibility index (Phi) is 6.34. The lowest BCUT2D eigenvalue weighted by Crippen LogP contribution is -2.16. The Morgan fingerprint density at radius 3 is 2.42 bits per heavy atom. The molecule has 3 aromatic carbocycles. The standard InChI is InChI=1S/C28H17BrF4N6O/c29-21-15-38(14-16-5-9-20(30)10-6-16)37-26(21)35-27(40)23-13-25-34-22(12-24(28(31,32)33)39(25)36-23)19-8-7-17-3-1-2-4-18(17)11-19/h1-13,15H,14H2,(H,35,37,40). The second-order valence-corrected chi connectivity index (χ2v) is 9.84. The molecule has 7 nitrogen and oxygen atoms in total. The average molecular weight is 609 g/mol. The summed E-state index contributed by atoms with van der Waals surface area (Å²) in [5.74, 6) is -0.984. The number of carbonyl (C=O) groups is 1. The van der Waals surface area contributed by atoms with Crippen LogP contribution in [0.5, 0.6) is 0 Å². The highest BCUT2D eigenvalue weighted by molar-refractivity contribution is 9.10. The summed E-state index contributed by atoms with van der Waals surface area (Å²) in [6.07, 6.45) is -3.14. The van der Waals surface area contributed by atoms with Gasteiger partial charge in [0, 0.05) is 17.8 Å². The molecular weight excluding hydrogens is 592 g/mol. The molecule has 6 rings (SSSR count). The van der Waals surface area contributed by atoms with E-state index in [-0.39, 0.29) is 28.7 Å². The van der Waals surface area contributed by atoms with E-state index in [2.05, 4.69) is 36.4 Å². The van der Waals surface area contributed by atoms with Gasteiger partial charge in [-0.2, -0.15) is 23.4 Å². The van der Waals surface area contributed by atoms with Crippen molar-refractivity contribution in [2.75, 3.05) is 5.32 Å². The Labute approximate surface area is 232 Å². The molecule has 1 N–H and O–H groups in total. The quantitative estimate of drug-likeness (QED) is 0.214. The van der Waals surface area contributed by atoms with Crippen LogP contribution in [-0.4, -0.2) is 30.3 Å². The van der Waals surface area contributed by atoms with E-state index in [0.29, 0.717) is 21.1 Å². The van der Waals surface area contributed by atoms with E-state index in [1.165, 1.54) is 22.9 Å². The average Bonchev–Trinajstić information content (AvgIpc) is 3.51. The van der Waals surface area contributed by atoms with Gasteiger partial charge >= 0.3 is 6.18 Å². The molecule has 0 saturated carbocycles. The summed E-state index contributed by atoms with van der Waals surface area (Å²) in [5.41, 5.74) is -0.0982. The van der Waals surface area contributed by atoms with E-state index in [1.807, 2.05) is 30.3 Å². The van der Waals surface area contributed by atoms with Crippen molar-refractivity contribution in [3.8, 4) is 11.3 Å². The Hall–Kier alpha value is -4.58. The summed E-state index contributed by atoms with van der Waals surface area (Å²) in [6.45, 7) is 0.305. The number of benzene rings is 3. The maximum atomic E-state index is 14.1. The molecule has 0 aliphatic heterocycles. The number of amides is 1. The Balaban J connectivity index is 1.32. The lowest BCUT2D eigenvalue weighted by Gasteiger charge is -2.11.